The first-order valence-corrected chi connectivity index (χ1v) is 11.4. The maximum absolute atomic E-state index is 12.4. The lowest BCUT2D eigenvalue weighted by Crippen LogP contribution is -2.49. The molecular formula is C22H31F3N4O3. The minimum atomic E-state index is -4.92. The van der Waals surface area contributed by atoms with E-state index in [1.165, 1.54) is 5.56 Å². The maximum atomic E-state index is 12.4. The Morgan fingerprint density at radius 1 is 1.22 bits per heavy atom. The van der Waals surface area contributed by atoms with Gasteiger partial charge in [-0.1, -0.05) is 0 Å². The molecular weight excluding hydrogens is 425 g/mol. The molecule has 0 bridgehead atoms. The molecule has 178 valence electrons. The zero-order chi connectivity index (χ0) is 22.7. The number of amides is 1. The van der Waals surface area contributed by atoms with Crippen molar-refractivity contribution in [2.75, 3.05) is 44.2 Å². The number of anilines is 1. The third-order valence-corrected chi connectivity index (χ3v) is 6.88. The highest BCUT2D eigenvalue weighted by Gasteiger charge is 2.44. The third kappa shape index (κ3) is 5.46. The van der Waals surface area contributed by atoms with E-state index in [0.29, 0.717) is 18.8 Å². The molecule has 1 amide bonds. The number of carbonyl (C=O) groups is 1. The Balaban J connectivity index is 1.15. The molecule has 0 aromatic carbocycles. The van der Waals surface area contributed by atoms with Crippen molar-refractivity contribution >= 4 is 11.7 Å². The Kier molecular flexibility index (Phi) is 7.09. The van der Waals surface area contributed by atoms with E-state index in [2.05, 4.69) is 20.1 Å². The van der Waals surface area contributed by atoms with E-state index in [0.717, 1.165) is 76.6 Å². The number of aliphatic hydroxyl groups excluding tert-OH is 1. The van der Waals surface area contributed by atoms with Gasteiger partial charge in [0.1, 0.15) is 11.6 Å². The number of hydrogen-bond donors (Lipinski definition) is 2. The van der Waals surface area contributed by atoms with E-state index < -0.39 is 18.2 Å². The Bertz CT molecular complexity index is 791. The summed E-state index contributed by atoms with van der Waals surface area (Å²) < 4.78 is 43.0. The molecule has 1 aliphatic carbocycles. The average Bonchev–Trinajstić information content (AvgIpc) is 3.27. The van der Waals surface area contributed by atoms with Gasteiger partial charge in [-0.3, -0.25) is 9.69 Å². The SMILES string of the molecule is O=C(NC1CCC(CCN2CCN(c3nccc4c3CCO4)CC2)CC1)[C@H](O)C(F)(F)F. The van der Waals surface area contributed by atoms with E-state index >= 15 is 0 Å². The van der Waals surface area contributed by atoms with Gasteiger partial charge in [0.2, 0.25) is 6.10 Å². The number of halogens is 3. The molecule has 0 unspecified atom stereocenters. The zero-order valence-electron chi connectivity index (χ0n) is 18.1. The van der Waals surface area contributed by atoms with Crippen LogP contribution in [0.2, 0.25) is 0 Å². The number of carbonyl (C=O) groups excluding carboxylic acids is 1. The number of hydrogen-bond acceptors (Lipinski definition) is 6. The Morgan fingerprint density at radius 2 is 1.94 bits per heavy atom. The molecule has 3 heterocycles. The molecule has 10 heteroatoms. The second kappa shape index (κ2) is 9.82. The zero-order valence-corrected chi connectivity index (χ0v) is 18.1. The first-order chi connectivity index (χ1) is 15.3. The fourth-order valence-corrected chi connectivity index (χ4v) is 4.94. The van der Waals surface area contributed by atoms with Gasteiger partial charge in [0.15, 0.2) is 0 Å². The Hall–Kier alpha value is -2.07. The van der Waals surface area contributed by atoms with Crippen LogP contribution in [0.25, 0.3) is 0 Å². The summed E-state index contributed by atoms with van der Waals surface area (Å²) in [4.78, 5) is 21.0. The number of nitrogens with zero attached hydrogens (tertiary/aromatic N) is 3. The van der Waals surface area contributed by atoms with Gasteiger partial charge in [-0.05, 0) is 50.6 Å². The van der Waals surface area contributed by atoms with Gasteiger partial charge >= 0.3 is 6.18 Å². The molecule has 2 aliphatic heterocycles. The fourth-order valence-electron chi connectivity index (χ4n) is 4.94. The minimum Gasteiger partial charge on any atom is -0.493 e. The summed E-state index contributed by atoms with van der Waals surface area (Å²) in [5.41, 5.74) is 1.22. The predicted molar refractivity (Wildman–Crippen MR) is 113 cm³/mol. The summed E-state index contributed by atoms with van der Waals surface area (Å²) in [6.45, 7) is 5.56. The van der Waals surface area contributed by atoms with Crippen LogP contribution in [0.15, 0.2) is 12.3 Å². The highest BCUT2D eigenvalue weighted by Crippen LogP contribution is 2.33. The Morgan fingerprint density at radius 3 is 2.62 bits per heavy atom. The molecule has 1 saturated carbocycles. The number of piperazine rings is 1. The van der Waals surface area contributed by atoms with Crippen LogP contribution in [0.4, 0.5) is 19.0 Å². The number of rotatable bonds is 6. The lowest BCUT2D eigenvalue weighted by molar-refractivity contribution is -0.205. The second-order valence-electron chi connectivity index (χ2n) is 9.00. The van der Waals surface area contributed by atoms with Crippen molar-refractivity contribution in [2.24, 2.45) is 5.92 Å². The van der Waals surface area contributed by atoms with Gasteiger partial charge in [0, 0.05) is 50.4 Å². The summed E-state index contributed by atoms with van der Waals surface area (Å²) in [6.07, 6.45) is -1.01. The standard InChI is InChI=1S/C22H31F3N4O3/c23-22(24,25)19(30)21(31)27-16-3-1-15(2-4-16)6-9-28-10-12-29(13-11-28)20-17-7-14-32-18(17)5-8-26-20/h5,8,15-16,19,30H,1-4,6-7,9-14H2,(H,27,31)/t15?,16?,19-/m0/s1. The highest BCUT2D eigenvalue weighted by atomic mass is 19.4. The van der Waals surface area contributed by atoms with Crippen LogP contribution in [-0.4, -0.2) is 78.6 Å². The third-order valence-electron chi connectivity index (χ3n) is 6.88. The van der Waals surface area contributed by atoms with Crippen LogP contribution in [0, 0.1) is 5.92 Å². The van der Waals surface area contributed by atoms with E-state index in [9.17, 15) is 18.0 Å². The van der Waals surface area contributed by atoms with Crippen molar-refractivity contribution in [3.05, 3.63) is 17.8 Å². The molecule has 2 fully saturated rings. The van der Waals surface area contributed by atoms with Crippen molar-refractivity contribution < 1.29 is 27.8 Å². The second-order valence-corrected chi connectivity index (χ2v) is 9.00. The molecule has 7 nitrogen and oxygen atoms in total. The molecule has 2 N–H and O–H groups in total. The van der Waals surface area contributed by atoms with Crippen LogP contribution >= 0.6 is 0 Å². The van der Waals surface area contributed by atoms with Gasteiger partial charge in [-0.2, -0.15) is 13.2 Å². The molecule has 0 spiro atoms. The largest absolute Gasteiger partial charge is 0.493 e. The summed E-state index contributed by atoms with van der Waals surface area (Å²) in [7, 11) is 0. The van der Waals surface area contributed by atoms with E-state index in [1.807, 2.05) is 12.3 Å². The van der Waals surface area contributed by atoms with E-state index in [4.69, 9.17) is 9.84 Å². The normalized spacial score (nSPS) is 25.2. The van der Waals surface area contributed by atoms with Crippen molar-refractivity contribution in [1.29, 1.82) is 0 Å². The fraction of sp³-hybridized carbons (Fsp3) is 0.727. The lowest BCUT2D eigenvalue weighted by Gasteiger charge is -2.37. The molecule has 1 saturated heterocycles. The van der Waals surface area contributed by atoms with Crippen LogP contribution < -0.4 is 15.0 Å². The number of fused-ring (bicyclic) bond motifs is 1. The number of pyridine rings is 1. The van der Waals surface area contributed by atoms with Gasteiger partial charge in [0.05, 0.1) is 6.61 Å². The summed E-state index contributed by atoms with van der Waals surface area (Å²) in [5.74, 6) is 1.18. The smallest absolute Gasteiger partial charge is 0.423 e. The number of alkyl halides is 3. The molecule has 32 heavy (non-hydrogen) atoms. The summed E-state index contributed by atoms with van der Waals surface area (Å²) in [5, 5.41) is 11.4. The van der Waals surface area contributed by atoms with E-state index in [1.54, 1.807) is 0 Å². The van der Waals surface area contributed by atoms with Gasteiger partial charge in [-0.25, -0.2) is 4.98 Å². The van der Waals surface area contributed by atoms with Crippen molar-refractivity contribution in [1.82, 2.24) is 15.2 Å². The molecule has 4 rings (SSSR count). The minimum absolute atomic E-state index is 0.289. The van der Waals surface area contributed by atoms with Crippen molar-refractivity contribution in [2.45, 2.75) is 56.8 Å². The van der Waals surface area contributed by atoms with E-state index in [-0.39, 0.29) is 6.04 Å². The maximum Gasteiger partial charge on any atom is 0.423 e. The molecule has 1 aromatic heterocycles. The van der Waals surface area contributed by atoms with Crippen molar-refractivity contribution in [3.63, 3.8) is 0 Å². The molecule has 3 aliphatic rings. The Labute approximate surface area is 185 Å². The molecule has 1 atom stereocenters. The van der Waals surface area contributed by atoms with Gasteiger partial charge in [-0.15, -0.1) is 0 Å². The quantitative estimate of drug-likeness (QED) is 0.683. The monoisotopic (exact) mass is 456 g/mol. The number of ether oxygens (including phenoxy) is 1. The van der Waals surface area contributed by atoms with Crippen LogP contribution in [-0.2, 0) is 11.2 Å². The lowest BCUT2D eigenvalue weighted by atomic mass is 9.84. The topological polar surface area (TPSA) is 77.9 Å². The van der Waals surface area contributed by atoms with Crippen LogP contribution in [0.1, 0.15) is 37.7 Å². The van der Waals surface area contributed by atoms with Crippen molar-refractivity contribution in [3.8, 4) is 5.75 Å². The number of nitrogens with one attached hydrogen (secondary N) is 1. The summed E-state index contributed by atoms with van der Waals surface area (Å²) in [6, 6.07) is 1.64. The first kappa shape index (κ1) is 23.1. The molecule has 1 aromatic rings. The molecule has 0 radical (unpaired) electrons. The number of aliphatic hydroxyl groups is 1. The highest BCUT2D eigenvalue weighted by molar-refractivity contribution is 5.81. The first-order valence-electron chi connectivity index (χ1n) is 11.4. The van der Waals surface area contributed by atoms with Crippen LogP contribution in [0.3, 0.4) is 0 Å². The predicted octanol–water partition coefficient (Wildman–Crippen LogP) is 2.13. The van der Waals surface area contributed by atoms with Crippen LogP contribution in [0.5, 0.6) is 5.75 Å². The average molecular weight is 457 g/mol. The summed E-state index contributed by atoms with van der Waals surface area (Å²) >= 11 is 0. The van der Waals surface area contributed by atoms with Gasteiger partial charge < -0.3 is 20.1 Å². The van der Waals surface area contributed by atoms with Gasteiger partial charge in [0.25, 0.3) is 5.91 Å². The number of aromatic nitrogens is 1.